The van der Waals surface area contributed by atoms with Gasteiger partial charge < -0.3 is 9.80 Å². The number of nitrogens with zero attached hydrogens (tertiary/aromatic N) is 4. The Morgan fingerprint density at radius 2 is 2.00 bits per heavy atom. The van der Waals surface area contributed by atoms with Gasteiger partial charge in [0.1, 0.15) is 11.9 Å². The lowest BCUT2D eigenvalue weighted by Crippen LogP contribution is -2.53. The van der Waals surface area contributed by atoms with Gasteiger partial charge in [0, 0.05) is 36.0 Å². The molecule has 0 aliphatic carbocycles. The molecule has 31 heavy (non-hydrogen) atoms. The van der Waals surface area contributed by atoms with Crippen molar-refractivity contribution in [3.63, 3.8) is 0 Å². The second kappa shape index (κ2) is 7.85. The van der Waals surface area contributed by atoms with Crippen LogP contribution in [0.25, 0.3) is 0 Å². The number of aromatic nitrogens is 2. The van der Waals surface area contributed by atoms with Crippen LogP contribution in [-0.2, 0) is 17.8 Å². The van der Waals surface area contributed by atoms with E-state index >= 15 is 0 Å². The minimum absolute atomic E-state index is 0.0894. The number of carbonyl (C=O) groups excluding carboxylic acids is 2. The summed E-state index contributed by atoms with van der Waals surface area (Å²) in [5, 5.41) is 4.48. The summed E-state index contributed by atoms with van der Waals surface area (Å²) < 4.78 is 15.2. The van der Waals surface area contributed by atoms with Gasteiger partial charge in [-0.25, -0.2) is 4.39 Å². The van der Waals surface area contributed by atoms with E-state index in [4.69, 9.17) is 0 Å². The third-order valence-corrected chi connectivity index (χ3v) is 6.91. The average Bonchev–Trinajstić information content (AvgIpc) is 3.13. The maximum Gasteiger partial charge on any atom is 0.275 e. The SMILES string of the molecule is CN1C(=O)[C@@H](N2CCc3cn(Cc4cccc(F)c4)nc3C2=O)CSc2ccccc21. The topological polar surface area (TPSA) is 58.4 Å². The van der Waals surface area contributed by atoms with Gasteiger partial charge in [-0.05, 0) is 36.2 Å². The van der Waals surface area contributed by atoms with Gasteiger partial charge in [0.25, 0.3) is 5.91 Å². The Morgan fingerprint density at radius 1 is 1.16 bits per heavy atom. The Hall–Kier alpha value is -3.13. The van der Waals surface area contributed by atoms with Gasteiger partial charge in [0.05, 0.1) is 12.2 Å². The smallest absolute Gasteiger partial charge is 0.275 e. The van der Waals surface area contributed by atoms with E-state index in [9.17, 15) is 14.0 Å². The number of halogens is 1. The van der Waals surface area contributed by atoms with Gasteiger partial charge in [-0.2, -0.15) is 5.10 Å². The minimum atomic E-state index is -0.545. The first-order chi connectivity index (χ1) is 15.0. The molecule has 8 heteroatoms. The van der Waals surface area contributed by atoms with Crippen molar-refractivity contribution >= 4 is 29.3 Å². The molecule has 0 bridgehead atoms. The van der Waals surface area contributed by atoms with Crippen molar-refractivity contribution in [1.82, 2.24) is 14.7 Å². The molecule has 3 heterocycles. The number of anilines is 1. The normalized spacial score (nSPS) is 18.6. The number of likely N-dealkylation sites (N-methyl/N-ethyl adjacent to an activating group) is 1. The predicted molar refractivity (Wildman–Crippen MR) is 117 cm³/mol. The van der Waals surface area contributed by atoms with Crippen molar-refractivity contribution in [2.24, 2.45) is 0 Å². The Morgan fingerprint density at radius 3 is 2.84 bits per heavy atom. The van der Waals surface area contributed by atoms with Crippen LogP contribution < -0.4 is 4.90 Å². The zero-order valence-corrected chi connectivity index (χ0v) is 17.8. The van der Waals surface area contributed by atoms with Gasteiger partial charge >= 0.3 is 0 Å². The van der Waals surface area contributed by atoms with Crippen molar-refractivity contribution < 1.29 is 14.0 Å². The second-order valence-electron chi connectivity index (χ2n) is 7.77. The van der Waals surface area contributed by atoms with E-state index in [-0.39, 0.29) is 17.6 Å². The molecule has 6 nitrogen and oxygen atoms in total. The van der Waals surface area contributed by atoms with Crippen molar-refractivity contribution in [2.45, 2.75) is 23.9 Å². The van der Waals surface area contributed by atoms with Crippen molar-refractivity contribution in [2.75, 3.05) is 24.2 Å². The largest absolute Gasteiger partial charge is 0.324 e. The number of hydrogen-bond acceptors (Lipinski definition) is 4. The highest BCUT2D eigenvalue weighted by atomic mass is 32.2. The number of amides is 2. The first-order valence-electron chi connectivity index (χ1n) is 10.1. The molecule has 0 fully saturated rings. The van der Waals surface area contributed by atoms with Crippen molar-refractivity contribution in [3.8, 4) is 0 Å². The molecule has 1 aromatic heterocycles. The minimum Gasteiger partial charge on any atom is -0.324 e. The monoisotopic (exact) mass is 436 g/mol. The highest BCUT2D eigenvalue weighted by Gasteiger charge is 2.39. The van der Waals surface area contributed by atoms with Crippen LogP contribution in [0.5, 0.6) is 0 Å². The zero-order valence-electron chi connectivity index (χ0n) is 17.0. The summed E-state index contributed by atoms with van der Waals surface area (Å²) in [6.45, 7) is 0.854. The molecular weight excluding hydrogens is 415 g/mol. The predicted octanol–water partition coefficient (Wildman–Crippen LogP) is 3.21. The molecule has 0 N–H and O–H groups in total. The summed E-state index contributed by atoms with van der Waals surface area (Å²) in [7, 11) is 1.76. The Labute approximate surface area is 183 Å². The quantitative estimate of drug-likeness (QED) is 0.633. The number of benzene rings is 2. The number of para-hydroxylation sites is 1. The van der Waals surface area contributed by atoms with Crippen LogP contribution in [0.1, 0.15) is 21.6 Å². The summed E-state index contributed by atoms with van der Waals surface area (Å²) in [5.74, 6) is -0.109. The third kappa shape index (κ3) is 3.61. The molecule has 2 aliphatic rings. The van der Waals surface area contributed by atoms with Gasteiger partial charge in [0.2, 0.25) is 5.91 Å². The Bertz CT molecular complexity index is 1180. The summed E-state index contributed by atoms with van der Waals surface area (Å²) in [6, 6.07) is 13.6. The molecule has 0 unspecified atom stereocenters. The Kier molecular flexibility index (Phi) is 5.02. The summed E-state index contributed by atoms with van der Waals surface area (Å²) in [4.78, 5) is 30.8. The van der Waals surface area contributed by atoms with Crippen LogP contribution in [0.3, 0.4) is 0 Å². The van der Waals surface area contributed by atoms with E-state index in [1.165, 1.54) is 12.1 Å². The molecule has 2 aromatic carbocycles. The van der Waals surface area contributed by atoms with E-state index < -0.39 is 6.04 Å². The second-order valence-corrected chi connectivity index (χ2v) is 8.83. The highest BCUT2D eigenvalue weighted by Crippen LogP contribution is 2.35. The van der Waals surface area contributed by atoms with Crippen LogP contribution in [-0.4, -0.2) is 51.9 Å². The molecule has 158 valence electrons. The summed E-state index contributed by atoms with van der Waals surface area (Å²) >= 11 is 1.59. The molecule has 0 spiro atoms. The number of rotatable bonds is 3. The molecular formula is C23H21FN4O2S. The van der Waals surface area contributed by atoms with Crippen molar-refractivity contribution in [3.05, 3.63) is 77.4 Å². The fourth-order valence-corrected chi connectivity index (χ4v) is 5.35. The van der Waals surface area contributed by atoms with E-state index in [2.05, 4.69) is 5.10 Å². The van der Waals surface area contributed by atoms with Gasteiger partial charge in [-0.1, -0.05) is 24.3 Å². The highest BCUT2D eigenvalue weighted by molar-refractivity contribution is 7.99. The maximum atomic E-state index is 13.5. The van der Waals surface area contributed by atoms with E-state index in [1.54, 1.807) is 39.4 Å². The molecule has 2 amide bonds. The van der Waals surface area contributed by atoms with Crippen LogP contribution in [0.2, 0.25) is 0 Å². The Balaban J connectivity index is 1.39. The van der Waals surface area contributed by atoms with E-state index in [0.29, 0.717) is 31.0 Å². The molecule has 0 radical (unpaired) electrons. The van der Waals surface area contributed by atoms with Gasteiger partial charge in [-0.3, -0.25) is 14.3 Å². The summed E-state index contributed by atoms with van der Waals surface area (Å²) in [5.41, 5.74) is 2.89. The number of carbonyl (C=O) groups is 2. The zero-order chi connectivity index (χ0) is 21.5. The maximum absolute atomic E-state index is 13.5. The standard InChI is InChI=1S/C23H21FN4O2S/c1-26-18-7-2-3-8-20(18)31-14-19(22(26)29)28-10-9-16-13-27(25-21(16)23(28)30)12-15-5-4-6-17(24)11-15/h2-8,11,13,19H,9-10,12,14H2,1H3/t19-/m0/s1. The molecule has 5 rings (SSSR count). The number of fused-ring (bicyclic) bond motifs is 2. The van der Waals surface area contributed by atoms with Crippen LogP contribution in [0.15, 0.2) is 59.6 Å². The van der Waals surface area contributed by atoms with E-state index in [0.717, 1.165) is 21.7 Å². The molecule has 3 aromatic rings. The van der Waals surface area contributed by atoms with E-state index in [1.807, 2.05) is 36.5 Å². The van der Waals surface area contributed by atoms with Gasteiger partial charge in [0.15, 0.2) is 5.69 Å². The van der Waals surface area contributed by atoms with Gasteiger partial charge in [-0.15, -0.1) is 11.8 Å². The molecule has 0 saturated heterocycles. The first kappa shape index (κ1) is 19.8. The van der Waals surface area contributed by atoms with Crippen LogP contribution >= 0.6 is 11.8 Å². The molecule has 2 aliphatic heterocycles. The fourth-order valence-electron chi connectivity index (χ4n) is 4.17. The molecule has 0 saturated carbocycles. The lowest BCUT2D eigenvalue weighted by Gasteiger charge is -2.33. The lowest BCUT2D eigenvalue weighted by molar-refractivity contribution is -0.122. The van der Waals surface area contributed by atoms with Crippen LogP contribution in [0, 0.1) is 5.82 Å². The number of thioether (sulfide) groups is 1. The van der Waals surface area contributed by atoms with Crippen LogP contribution in [0.4, 0.5) is 10.1 Å². The lowest BCUT2D eigenvalue weighted by atomic mass is 10.0. The fraction of sp³-hybridized carbons (Fsp3) is 0.261. The van der Waals surface area contributed by atoms with Crippen molar-refractivity contribution in [1.29, 1.82) is 0 Å². The first-order valence-corrected chi connectivity index (χ1v) is 11.1. The average molecular weight is 437 g/mol. The third-order valence-electron chi connectivity index (χ3n) is 5.77. The number of hydrogen-bond donors (Lipinski definition) is 0. The molecule has 1 atom stereocenters. The summed E-state index contributed by atoms with van der Waals surface area (Å²) in [6.07, 6.45) is 2.48.